The Bertz CT molecular complexity index is 1500. The summed E-state index contributed by atoms with van der Waals surface area (Å²) in [6, 6.07) is 3.73. The molecule has 4 saturated carbocycles. The summed E-state index contributed by atoms with van der Waals surface area (Å²) >= 11 is 0. The molecule has 1 aromatic rings. The van der Waals surface area contributed by atoms with Crippen LogP contribution in [-0.2, 0) is 9.59 Å². The van der Waals surface area contributed by atoms with Gasteiger partial charge in [-0.05, 0) is 115 Å². The molecule has 5 aliphatic carbocycles. The van der Waals surface area contributed by atoms with Gasteiger partial charge in [-0.3, -0.25) is 9.59 Å². The molecule has 1 aromatic carbocycles. The van der Waals surface area contributed by atoms with Gasteiger partial charge in [0.15, 0.2) is 17.3 Å². The maximum atomic E-state index is 14.3. The van der Waals surface area contributed by atoms with E-state index in [-0.39, 0.29) is 33.9 Å². The van der Waals surface area contributed by atoms with Crippen molar-refractivity contribution in [2.24, 2.45) is 56.7 Å². The highest BCUT2D eigenvalue weighted by atomic mass is 16.5. The van der Waals surface area contributed by atoms with E-state index in [2.05, 4.69) is 54.5 Å². The van der Waals surface area contributed by atoms with Crippen LogP contribution in [0.15, 0.2) is 29.4 Å². The number of ketones is 1. The second kappa shape index (κ2) is 10.9. The molecule has 1 N–H and O–H groups in total. The first kappa shape index (κ1) is 33.2. The second-order valence-corrected chi connectivity index (χ2v) is 17.0. The van der Waals surface area contributed by atoms with E-state index in [0.29, 0.717) is 41.4 Å². The number of fused-ring (bicyclic) bond motifs is 7. The molecule has 0 aliphatic heterocycles. The molecular formula is C40H56O6. The third-order valence-corrected chi connectivity index (χ3v) is 15.1. The van der Waals surface area contributed by atoms with Crippen molar-refractivity contribution < 1.29 is 28.9 Å². The maximum Gasteiger partial charge on any atom is 0.310 e. The van der Waals surface area contributed by atoms with Gasteiger partial charge in [0.1, 0.15) is 5.75 Å². The lowest BCUT2D eigenvalue weighted by atomic mass is 9.33. The van der Waals surface area contributed by atoms with Gasteiger partial charge in [0.25, 0.3) is 0 Å². The van der Waals surface area contributed by atoms with Crippen molar-refractivity contribution in [1.82, 2.24) is 0 Å². The smallest absolute Gasteiger partial charge is 0.310 e. The Balaban J connectivity index is 1.46. The van der Waals surface area contributed by atoms with Crippen LogP contribution in [0.2, 0.25) is 0 Å². The van der Waals surface area contributed by atoms with Crippen molar-refractivity contribution >= 4 is 17.8 Å². The average molecular weight is 633 g/mol. The molecule has 5 aliphatic rings. The molecule has 0 radical (unpaired) electrons. The van der Waals surface area contributed by atoms with Crippen LogP contribution in [0, 0.1) is 56.7 Å². The summed E-state index contributed by atoms with van der Waals surface area (Å²) in [7, 11) is 4.87. The van der Waals surface area contributed by atoms with Crippen LogP contribution >= 0.6 is 0 Å². The molecule has 252 valence electrons. The zero-order chi connectivity index (χ0) is 33.6. The topological polar surface area (TPSA) is 82.1 Å². The summed E-state index contributed by atoms with van der Waals surface area (Å²) in [5, 5.41) is 10.7. The van der Waals surface area contributed by atoms with Crippen molar-refractivity contribution in [1.29, 1.82) is 0 Å². The first-order chi connectivity index (χ1) is 21.6. The average Bonchev–Trinajstić information content (AvgIpc) is 3.01. The molecule has 9 atom stereocenters. The second-order valence-electron chi connectivity index (χ2n) is 17.0. The highest BCUT2D eigenvalue weighted by Gasteiger charge is 2.70. The van der Waals surface area contributed by atoms with Gasteiger partial charge < -0.3 is 19.3 Å². The number of ether oxygens (including phenoxy) is 3. The number of rotatable bonds is 5. The van der Waals surface area contributed by atoms with Gasteiger partial charge in [-0.2, -0.15) is 0 Å². The first-order valence-corrected chi connectivity index (χ1v) is 17.5. The summed E-state index contributed by atoms with van der Waals surface area (Å²) in [5.74, 6) is 3.08. The number of allylic oxidation sites excluding steroid dienone is 3. The van der Waals surface area contributed by atoms with Crippen LogP contribution < -0.4 is 14.2 Å². The number of carbonyl (C=O) groups is 2. The third kappa shape index (κ3) is 4.26. The quantitative estimate of drug-likeness (QED) is 0.258. The van der Waals surface area contributed by atoms with E-state index in [1.165, 1.54) is 5.57 Å². The lowest BCUT2D eigenvalue weighted by molar-refractivity contribution is -0.185. The summed E-state index contributed by atoms with van der Waals surface area (Å²) in [6.45, 7) is 16.4. The highest BCUT2D eigenvalue weighted by Crippen LogP contribution is 2.75. The Morgan fingerprint density at radius 2 is 1.52 bits per heavy atom. The van der Waals surface area contributed by atoms with E-state index in [1.54, 1.807) is 21.3 Å². The molecule has 46 heavy (non-hydrogen) atoms. The number of Topliss-reactive ketones (excluding diaryl/α,β-unsaturated/α-hetero) is 1. The van der Waals surface area contributed by atoms with Gasteiger partial charge in [0.2, 0.25) is 0 Å². The fourth-order valence-electron chi connectivity index (χ4n) is 12.2. The van der Waals surface area contributed by atoms with Gasteiger partial charge in [-0.15, -0.1) is 0 Å². The molecule has 6 heteroatoms. The largest absolute Gasteiger partial charge is 0.496 e. The van der Waals surface area contributed by atoms with Gasteiger partial charge in [0, 0.05) is 17.0 Å². The number of carboxylic acid groups (broad SMARTS) is 1. The third-order valence-electron chi connectivity index (χ3n) is 15.1. The standard InChI is InChI=1S/C40H56O6/c1-23-13-16-40(35(42)43)18-17-38(6)27(33(40)24(23)2)11-12-32-37(5)22-26(34(41)36(3,4)31(37)14-15-39(32,38)7)19-25-20-29(45-9)30(46-10)21-28(25)44-8/h11,19-21,23-24,31-33H,12-18,22H2,1-10H3,(H,42,43)/b26-19+/t23-,24+,31+,32-,33+,37+,38-,39-,40+/m1/s1. The zero-order valence-corrected chi connectivity index (χ0v) is 29.8. The maximum absolute atomic E-state index is 14.3. The Kier molecular flexibility index (Phi) is 7.84. The molecule has 0 bridgehead atoms. The molecule has 0 heterocycles. The van der Waals surface area contributed by atoms with E-state index in [4.69, 9.17) is 14.2 Å². The van der Waals surface area contributed by atoms with Gasteiger partial charge >= 0.3 is 5.97 Å². The van der Waals surface area contributed by atoms with E-state index >= 15 is 0 Å². The summed E-state index contributed by atoms with van der Waals surface area (Å²) in [4.78, 5) is 27.4. The molecule has 6 rings (SSSR count). The lowest BCUT2D eigenvalue weighted by Gasteiger charge is -2.70. The number of aliphatic carboxylic acids is 1. The summed E-state index contributed by atoms with van der Waals surface area (Å²) in [5.41, 5.74) is 1.80. The molecule has 0 saturated heterocycles. The number of carboxylic acids is 1. The normalized spacial score (nSPS) is 42.1. The van der Waals surface area contributed by atoms with Crippen molar-refractivity contribution in [3.8, 4) is 17.2 Å². The summed E-state index contributed by atoms with van der Waals surface area (Å²) < 4.78 is 16.9. The molecule has 4 fully saturated rings. The van der Waals surface area contributed by atoms with E-state index < -0.39 is 16.8 Å². The van der Waals surface area contributed by atoms with Gasteiger partial charge in [0.05, 0.1) is 26.7 Å². The minimum atomic E-state index is -0.644. The number of methoxy groups -OCH3 is 3. The van der Waals surface area contributed by atoms with Crippen LogP contribution in [-0.4, -0.2) is 38.2 Å². The van der Waals surface area contributed by atoms with Crippen molar-refractivity contribution in [2.75, 3.05) is 21.3 Å². The van der Waals surface area contributed by atoms with Crippen molar-refractivity contribution in [2.45, 2.75) is 99.8 Å². The zero-order valence-electron chi connectivity index (χ0n) is 29.8. The Labute approximate surface area is 276 Å². The number of benzene rings is 1. The summed E-state index contributed by atoms with van der Waals surface area (Å²) in [6.07, 6.45) is 11.8. The molecule has 0 aromatic heterocycles. The Morgan fingerprint density at radius 1 is 0.870 bits per heavy atom. The lowest BCUT2D eigenvalue weighted by Crippen LogP contribution is -2.65. The molecule has 6 nitrogen and oxygen atoms in total. The van der Waals surface area contributed by atoms with Crippen LogP contribution in [0.5, 0.6) is 17.2 Å². The molecule has 0 spiro atoms. The van der Waals surface area contributed by atoms with Crippen LogP contribution in [0.3, 0.4) is 0 Å². The molecule has 0 amide bonds. The van der Waals surface area contributed by atoms with Crippen molar-refractivity contribution in [3.05, 3.63) is 34.9 Å². The van der Waals surface area contributed by atoms with Crippen LogP contribution in [0.1, 0.15) is 105 Å². The van der Waals surface area contributed by atoms with Crippen LogP contribution in [0.4, 0.5) is 0 Å². The Morgan fingerprint density at radius 3 is 2.15 bits per heavy atom. The van der Waals surface area contributed by atoms with Gasteiger partial charge in [-0.1, -0.05) is 60.1 Å². The highest BCUT2D eigenvalue weighted by molar-refractivity contribution is 6.04. The molecular weight excluding hydrogens is 576 g/mol. The molecule has 0 unspecified atom stereocenters. The Hall–Kier alpha value is -2.76. The monoisotopic (exact) mass is 632 g/mol. The fraction of sp³-hybridized carbons (Fsp3) is 0.700. The number of hydrogen-bond acceptors (Lipinski definition) is 5. The van der Waals surface area contributed by atoms with E-state index in [9.17, 15) is 14.7 Å². The van der Waals surface area contributed by atoms with E-state index in [0.717, 1.165) is 56.1 Å². The number of carbonyl (C=O) groups excluding carboxylic acids is 1. The predicted octanol–water partition coefficient (Wildman–Crippen LogP) is 9.02. The fourth-order valence-corrected chi connectivity index (χ4v) is 12.2. The first-order valence-electron chi connectivity index (χ1n) is 17.5. The number of hydrogen-bond donors (Lipinski definition) is 1. The van der Waals surface area contributed by atoms with Crippen LogP contribution in [0.25, 0.3) is 6.08 Å². The predicted molar refractivity (Wildman–Crippen MR) is 181 cm³/mol. The minimum Gasteiger partial charge on any atom is -0.496 e. The van der Waals surface area contributed by atoms with Crippen molar-refractivity contribution in [3.63, 3.8) is 0 Å². The SMILES string of the molecule is COc1cc(OC)c(OC)cc1/C=C1\C[C@]2(C)[C@H]3CC=C4[C@@H]5[C@@H](C)[C@H](C)CC[C@]5(C(=O)O)CC[C@@]4(C)[C@]3(C)CC[C@H]2C(C)(C)C1=O. The minimum absolute atomic E-state index is 0.00992. The van der Waals surface area contributed by atoms with Gasteiger partial charge in [-0.25, -0.2) is 0 Å². The van der Waals surface area contributed by atoms with E-state index in [1.807, 2.05) is 18.2 Å².